The number of carbonyl (C=O) groups is 2. The number of hydrogen-bond donors (Lipinski definition) is 3. The van der Waals surface area contributed by atoms with Crippen LogP contribution < -0.4 is 4.74 Å². The van der Waals surface area contributed by atoms with Gasteiger partial charge >= 0.3 is 11.9 Å². The highest BCUT2D eigenvalue weighted by molar-refractivity contribution is 5.95. The Bertz CT molecular complexity index is 438. The minimum absolute atomic E-state index is 0.0309. The van der Waals surface area contributed by atoms with Crippen molar-refractivity contribution in [3.63, 3.8) is 0 Å². The molecule has 0 spiro atoms. The Morgan fingerprint density at radius 2 is 1.94 bits per heavy atom. The van der Waals surface area contributed by atoms with Gasteiger partial charge in [-0.3, -0.25) is 0 Å². The minimum Gasteiger partial charge on any atom is -0.490 e. The zero-order valence-electron chi connectivity index (χ0n) is 9.08. The van der Waals surface area contributed by atoms with Crippen molar-refractivity contribution in [3.8, 4) is 5.75 Å². The second kappa shape index (κ2) is 5.31. The van der Waals surface area contributed by atoms with Crippen molar-refractivity contribution in [3.05, 3.63) is 29.3 Å². The molecule has 3 N–H and O–H groups in total. The number of aliphatic hydroxyl groups excluding tert-OH is 1. The second-order valence-electron chi connectivity index (χ2n) is 3.48. The molecule has 0 aliphatic carbocycles. The van der Waals surface area contributed by atoms with Crippen molar-refractivity contribution < 1.29 is 29.6 Å². The third-order valence-electron chi connectivity index (χ3n) is 1.94. The summed E-state index contributed by atoms with van der Waals surface area (Å²) in [5, 5.41) is 26.6. The zero-order chi connectivity index (χ0) is 13.0. The van der Waals surface area contributed by atoms with Crippen LogP contribution in [0, 0.1) is 0 Å². The highest BCUT2D eigenvalue weighted by atomic mass is 16.5. The van der Waals surface area contributed by atoms with Gasteiger partial charge in [-0.25, -0.2) is 9.59 Å². The molecule has 1 unspecified atom stereocenters. The first-order chi connectivity index (χ1) is 7.91. The molecule has 1 rings (SSSR count). The van der Waals surface area contributed by atoms with E-state index in [0.29, 0.717) is 0 Å². The first-order valence-electron chi connectivity index (χ1n) is 4.83. The molecule has 1 aromatic rings. The minimum atomic E-state index is -1.28. The lowest BCUT2D eigenvalue weighted by atomic mass is 10.1. The number of aliphatic hydroxyl groups is 1. The van der Waals surface area contributed by atoms with Crippen LogP contribution in [0.15, 0.2) is 18.2 Å². The number of hydrogen-bond acceptors (Lipinski definition) is 4. The maximum Gasteiger partial charge on any atom is 0.339 e. The van der Waals surface area contributed by atoms with E-state index in [1.807, 2.05) is 0 Å². The van der Waals surface area contributed by atoms with Crippen LogP contribution in [-0.4, -0.2) is 40.0 Å². The highest BCUT2D eigenvalue weighted by Gasteiger charge is 2.15. The van der Waals surface area contributed by atoms with Crippen molar-refractivity contribution in [2.75, 3.05) is 6.61 Å². The highest BCUT2D eigenvalue weighted by Crippen LogP contribution is 2.20. The molecule has 0 fully saturated rings. The summed E-state index contributed by atoms with van der Waals surface area (Å²) in [4.78, 5) is 21.6. The molecule has 6 nitrogen and oxygen atoms in total. The van der Waals surface area contributed by atoms with Gasteiger partial charge in [-0.2, -0.15) is 0 Å². The van der Waals surface area contributed by atoms with Gasteiger partial charge < -0.3 is 20.1 Å². The van der Waals surface area contributed by atoms with Crippen LogP contribution in [-0.2, 0) is 0 Å². The van der Waals surface area contributed by atoms with Crippen LogP contribution in [0.3, 0.4) is 0 Å². The lowest BCUT2D eigenvalue weighted by Crippen LogP contribution is -2.15. The van der Waals surface area contributed by atoms with Crippen LogP contribution >= 0.6 is 0 Å². The Morgan fingerprint density at radius 1 is 1.29 bits per heavy atom. The smallest absolute Gasteiger partial charge is 0.339 e. The van der Waals surface area contributed by atoms with Crippen molar-refractivity contribution >= 4 is 11.9 Å². The van der Waals surface area contributed by atoms with Crippen LogP contribution in [0.4, 0.5) is 0 Å². The maximum atomic E-state index is 10.9. The fraction of sp³-hybridized carbons (Fsp3) is 0.273. The van der Waals surface area contributed by atoms with E-state index in [0.717, 1.165) is 6.07 Å². The van der Waals surface area contributed by atoms with Crippen molar-refractivity contribution in [1.82, 2.24) is 0 Å². The molecule has 0 aliphatic heterocycles. The average Bonchev–Trinajstić information content (AvgIpc) is 2.25. The Hall–Kier alpha value is -2.08. The van der Waals surface area contributed by atoms with Gasteiger partial charge in [-0.15, -0.1) is 0 Å². The average molecular weight is 240 g/mol. The topological polar surface area (TPSA) is 104 Å². The van der Waals surface area contributed by atoms with E-state index in [1.165, 1.54) is 19.1 Å². The number of carboxylic acid groups (broad SMARTS) is 2. The predicted molar refractivity (Wildman–Crippen MR) is 57.5 cm³/mol. The summed E-state index contributed by atoms with van der Waals surface area (Å²) in [6, 6.07) is 3.52. The van der Waals surface area contributed by atoms with E-state index in [-0.39, 0.29) is 23.5 Å². The number of benzene rings is 1. The molecule has 0 bridgehead atoms. The first kappa shape index (κ1) is 13.0. The molecule has 17 heavy (non-hydrogen) atoms. The van der Waals surface area contributed by atoms with E-state index >= 15 is 0 Å². The third-order valence-corrected chi connectivity index (χ3v) is 1.94. The maximum absolute atomic E-state index is 10.9. The zero-order valence-corrected chi connectivity index (χ0v) is 9.08. The fourth-order valence-corrected chi connectivity index (χ4v) is 1.17. The van der Waals surface area contributed by atoms with E-state index < -0.39 is 18.0 Å². The quantitative estimate of drug-likeness (QED) is 0.704. The lowest BCUT2D eigenvalue weighted by Gasteiger charge is -2.11. The van der Waals surface area contributed by atoms with Gasteiger partial charge in [0, 0.05) is 0 Å². The van der Waals surface area contributed by atoms with Gasteiger partial charge in [-0.1, -0.05) is 0 Å². The molecule has 1 atom stereocenters. The summed E-state index contributed by atoms with van der Waals surface area (Å²) < 4.78 is 5.07. The summed E-state index contributed by atoms with van der Waals surface area (Å²) in [5.74, 6) is -2.47. The Kier molecular flexibility index (Phi) is 4.06. The number of rotatable bonds is 5. The monoisotopic (exact) mass is 240 g/mol. The molecule has 0 aliphatic rings. The van der Waals surface area contributed by atoms with Gasteiger partial charge in [0.15, 0.2) is 0 Å². The Balaban J connectivity index is 3.04. The summed E-state index contributed by atoms with van der Waals surface area (Å²) in [5.41, 5.74) is -0.377. The number of aromatic carboxylic acids is 2. The van der Waals surface area contributed by atoms with Crippen LogP contribution in [0.5, 0.6) is 5.75 Å². The number of carboxylic acids is 2. The molecular weight excluding hydrogens is 228 g/mol. The molecule has 0 radical (unpaired) electrons. The van der Waals surface area contributed by atoms with Crippen LogP contribution in [0.25, 0.3) is 0 Å². The predicted octanol–water partition coefficient (Wildman–Crippen LogP) is 0.843. The van der Waals surface area contributed by atoms with Gasteiger partial charge in [-0.05, 0) is 25.1 Å². The standard InChI is InChI=1S/C11H12O6/c1-6(12)5-17-9-3-2-7(10(13)14)4-8(9)11(15)16/h2-4,6,12H,5H2,1H3,(H,13,14)(H,15,16). The molecule has 6 heteroatoms. The lowest BCUT2D eigenvalue weighted by molar-refractivity contribution is 0.0685. The number of ether oxygens (including phenoxy) is 1. The first-order valence-corrected chi connectivity index (χ1v) is 4.83. The van der Waals surface area contributed by atoms with Gasteiger partial charge in [0.25, 0.3) is 0 Å². The van der Waals surface area contributed by atoms with Crippen molar-refractivity contribution in [2.24, 2.45) is 0 Å². The molecule has 1 aromatic carbocycles. The SMILES string of the molecule is CC(O)COc1ccc(C(=O)O)cc1C(=O)O. The molecule has 0 saturated heterocycles. The van der Waals surface area contributed by atoms with Gasteiger partial charge in [0.1, 0.15) is 17.9 Å². The third kappa shape index (κ3) is 3.46. The molecule has 92 valence electrons. The molecule has 0 heterocycles. The molecule has 0 amide bonds. The molecular formula is C11H12O6. The van der Waals surface area contributed by atoms with E-state index in [4.69, 9.17) is 20.1 Å². The second-order valence-corrected chi connectivity index (χ2v) is 3.48. The largest absolute Gasteiger partial charge is 0.490 e. The summed E-state index contributed by atoms with van der Waals surface area (Å²) in [7, 11) is 0. The van der Waals surface area contributed by atoms with Gasteiger partial charge in [0.2, 0.25) is 0 Å². The summed E-state index contributed by atoms with van der Waals surface area (Å²) in [6.45, 7) is 1.43. The molecule has 0 saturated carbocycles. The molecule has 0 aromatic heterocycles. The van der Waals surface area contributed by atoms with Crippen LogP contribution in [0.2, 0.25) is 0 Å². The van der Waals surface area contributed by atoms with E-state index in [9.17, 15) is 9.59 Å². The van der Waals surface area contributed by atoms with E-state index in [1.54, 1.807) is 0 Å². The van der Waals surface area contributed by atoms with E-state index in [2.05, 4.69) is 0 Å². The summed E-state index contributed by atoms with van der Waals surface area (Å²) in [6.07, 6.45) is -0.740. The van der Waals surface area contributed by atoms with Crippen molar-refractivity contribution in [2.45, 2.75) is 13.0 Å². The van der Waals surface area contributed by atoms with Gasteiger partial charge in [0.05, 0.1) is 11.7 Å². The normalized spacial score (nSPS) is 11.9. The fourth-order valence-electron chi connectivity index (χ4n) is 1.17. The Morgan fingerprint density at radius 3 is 2.41 bits per heavy atom. The Labute approximate surface area is 97.1 Å². The van der Waals surface area contributed by atoms with Crippen LogP contribution in [0.1, 0.15) is 27.6 Å². The summed E-state index contributed by atoms with van der Waals surface area (Å²) >= 11 is 0. The van der Waals surface area contributed by atoms with Crippen molar-refractivity contribution in [1.29, 1.82) is 0 Å².